The Kier molecular flexibility index (Phi) is 4.80. The van der Waals surface area contributed by atoms with Gasteiger partial charge < -0.3 is 5.32 Å². The van der Waals surface area contributed by atoms with Crippen LogP contribution in [0.4, 0.5) is 32.0 Å². The first kappa shape index (κ1) is 18.8. The van der Waals surface area contributed by atoms with Crippen LogP contribution in [0.15, 0.2) is 41.3 Å². The molecule has 2 rings (SSSR count). The summed E-state index contributed by atoms with van der Waals surface area (Å²) in [6.07, 6.45) is 0. The molecule has 134 valence electrons. The third kappa shape index (κ3) is 3.60. The summed E-state index contributed by atoms with van der Waals surface area (Å²) in [6.45, 7) is 0. The molecule has 0 saturated heterocycles. The average molecular weight is 383 g/mol. The minimum atomic E-state index is -5.58. The maximum absolute atomic E-state index is 13.5. The summed E-state index contributed by atoms with van der Waals surface area (Å²) < 4.78 is 98.9. The Morgan fingerprint density at radius 2 is 1.44 bits per heavy atom. The maximum Gasteiger partial charge on any atom is 0.501 e. The van der Waals surface area contributed by atoms with Crippen LogP contribution in [0.25, 0.3) is 0 Å². The lowest BCUT2D eigenvalue weighted by Crippen LogP contribution is -2.23. The second-order valence-electron chi connectivity index (χ2n) is 4.65. The highest BCUT2D eigenvalue weighted by molar-refractivity contribution is 7.92. The fourth-order valence-electron chi connectivity index (χ4n) is 1.74. The van der Waals surface area contributed by atoms with Crippen molar-refractivity contribution < 1.29 is 39.6 Å². The molecule has 4 nitrogen and oxygen atoms in total. The number of halogens is 6. The highest BCUT2D eigenvalue weighted by Gasteiger charge is 2.46. The predicted octanol–water partition coefficient (Wildman–Crippen LogP) is 3.65. The van der Waals surface area contributed by atoms with Crippen molar-refractivity contribution in [1.29, 1.82) is 0 Å². The van der Waals surface area contributed by atoms with E-state index in [1.165, 1.54) is 0 Å². The number of sulfone groups is 1. The molecule has 0 atom stereocenters. The third-order valence-electron chi connectivity index (χ3n) is 3.01. The molecule has 2 aromatic rings. The summed E-state index contributed by atoms with van der Waals surface area (Å²) in [7, 11) is -5.58. The van der Waals surface area contributed by atoms with Crippen LogP contribution in [0.2, 0.25) is 0 Å². The van der Waals surface area contributed by atoms with Crippen molar-refractivity contribution in [3.63, 3.8) is 0 Å². The quantitative estimate of drug-likeness (QED) is 0.650. The number of carbonyl (C=O) groups is 1. The molecule has 0 heterocycles. The number of benzene rings is 2. The largest absolute Gasteiger partial charge is 0.501 e. The summed E-state index contributed by atoms with van der Waals surface area (Å²) in [4.78, 5) is 10.8. The van der Waals surface area contributed by atoms with Gasteiger partial charge in [0.25, 0.3) is 15.7 Å². The molecule has 0 spiro atoms. The molecule has 0 unspecified atom stereocenters. The Morgan fingerprint density at radius 1 is 0.880 bits per heavy atom. The highest BCUT2D eigenvalue weighted by atomic mass is 32.2. The van der Waals surface area contributed by atoms with Crippen molar-refractivity contribution in [1.82, 2.24) is 0 Å². The number of anilines is 1. The van der Waals surface area contributed by atoms with Crippen LogP contribution >= 0.6 is 0 Å². The molecule has 0 fully saturated rings. The van der Waals surface area contributed by atoms with Gasteiger partial charge in [0.15, 0.2) is 17.5 Å². The van der Waals surface area contributed by atoms with Crippen molar-refractivity contribution in [3.05, 3.63) is 59.4 Å². The molecule has 2 aromatic carbocycles. The van der Waals surface area contributed by atoms with Gasteiger partial charge in [-0.15, -0.1) is 0 Å². The van der Waals surface area contributed by atoms with Gasteiger partial charge in [-0.1, -0.05) is 0 Å². The normalized spacial score (nSPS) is 12.1. The van der Waals surface area contributed by atoms with Gasteiger partial charge in [0.05, 0.1) is 10.6 Å². The third-order valence-corrected chi connectivity index (χ3v) is 4.52. The number of alkyl halides is 3. The topological polar surface area (TPSA) is 63.2 Å². The second-order valence-corrected chi connectivity index (χ2v) is 6.59. The van der Waals surface area contributed by atoms with Crippen LogP contribution < -0.4 is 5.32 Å². The van der Waals surface area contributed by atoms with Crippen LogP contribution in [0.3, 0.4) is 0 Å². The van der Waals surface area contributed by atoms with Gasteiger partial charge in [-0.3, -0.25) is 4.79 Å². The van der Waals surface area contributed by atoms with E-state index in [4.69, 9.17) is 0 Å². The van der Waals surface area contributed by atoms with Gasteiger partial charge >= 0.3 is 5.51 Å². The monoisotopic (exact) mass is 383 g/mol. The number of hydrogen-bond acceptors (Lipinski definition) is 3. The van der Waals surface area contributed by atoms with Gasteiger partial charge in [-0.05, 0) is 36.4 Å². The molecule has 0 aromatic heterocycles. The van der Waals surface area contributed by atoms with E-state index in [-0.39, 0.29) is 5.56 Å². The fourth-order valence-corrected chi connectivity index (χ4v) is 2.50. The van der Waals surface area contributed by atoms with Crippen molar-refractivity contribution >= 4 is 21.4 Å². The molecule has 0 aliphatic heterocycles. The van der Waals surface area contributed by atoms with Crippen molar-refractivity contribution in [2.24, 2.45) is 0 Å². The zero-order valence-corrected chi connectivity index (χ0v) is 12.7. The summed E-state index contributed by atoms with van der Waals surface area (Å²) >= 11 is 0. The van der Waals surface area contributed by atoms with E-state index >= 15 is 0 Å². The van der Waals surface area contributed by atoms with Crippen LogP contribution in [0.1, 0.15) is 10.4 Å². The standard InChI is InChI=1S/C14H7F6NO3S/c15-9-5-6-10(12(17)11(9)16)21-13(22)7-1-3-8(4-2-7)25(23,24)14(18,19)20/h1-6H,(H,21,22). The number of hydrogen-bond donors (Lipinski definition) is 1. The molecule has 0 aliphatic carbocycles. The van der Waals surface area contributed by atoms with Gasteiger partial charge in [-0.2, -0.15) is 13.2 Å². The van der Waals surface area contributed by atoms with E-state index in [1.54, 1.807) is 0 Å². The summed E-state index contributed by atoms with van der Waals surface area (Å²) in [5.41, 5.74) is -6.54. The van der Waals surface area contributed by atoms with Gasteiger partial charge in [-0.25, -0.2) is 21.6 Å². The fraction of sp³-hybridized carbons (Fsp3) is 0.0714. The molecule has 25 heavy (non-hydrogen) atoms. The first-order valence-electron chi connectivity index (χ1n) is 6.31. The minimum Gasteiger partial charge on any atom is -0.319 e. The molecule has 11 heteroatoms. The van der Waals surface area contributed by atoms with E-state index in [0.29, 0.717) is 18.2 Å². The lowest BCUT2D eigenvalue weighted by atomic mass is 10.2. The lowest BCUT2D eigenvalue weighted by molar-refractivity contribution is -0.0436. The molecule has 0 saturated carbocycles. The Bertz CT molecular complexity index is 923. The first-order valence-corrected chi connectivity index (χ1v) is 7.79. The maximum atomic E-state index is 13.5. The molecular formula is C14H7F6NO3S. The molecule has 0 bridgehead atoms. The molecule has 0 aliphatic rings. The highest BCUT2D eigenvalue weighted by Crippen LogP contribution is 2.30. The number of amides is 1. The SMILES string of the molecule is O=C(Nc1ccc(F)c(F)c1F)c1ccc(S(=O)(=O)C(F)(F)F)cc1. The van der Waals surface area contributed by atoms with Gasteiger partial charge in [0.2, 0.25) is 0 Å². The Balaban J connectivity index is 2.26. The van der Waals surface area contributed by atoms with E-state index in [0.717, 1.165) is 18.2 Å². The predicted molar refractivity (Wildman–Crippen MR) is 74.0 cm³/mol. The zero-order valence-electron chi connectivity index (χ0n) is 11.9. The van der Waals surface area contributed by atoms with Crippen molar-refractivity contribution in [2.75, 3.05) is 5.32 Å². The van der Waals surface area contributed by atoms with Gasteiger partial charge in [0, 0.05) is 5.56 Å². The summed E-state index contributed by atoms with van der Waals surface area (Å²) in [6, 6.07) is 3.90. The van der Waals surface area contributed by atoms with E-state index in [2.05, 4.69) is 0 Å². The Labute approximate surface area is 137 Å². The molecule has 0 radical (unpaired) electrons. The van der Waals surface area contributed by atoms with Crippen LogP contribution in [0, 0.1) is 17.5 Å². The van der Waals surface area contributed by atoms with E-state index in [9.17, 15) is 39.6 Å². The minimum absolute atomic E-state index is 0.328. The smallest absolute Gasteiger partial charge is 0.319 e. The van der Waals surface area contributed by atoms with E-state index < -0.39 is 49.3 Å². The Morgan fingerprint density at radius 3 is 1.96 bits per heavy atom. The number of carbonyl (C=O) groups excluding carboxylic acids is 1. The summed E-state index contributed by atoms with van der Waals surface area (Å²) in [5, 5.41) is 1.89. The van der Waals surface area contributed by atoms with Crippen LogP contribution in [-0.2, 0) is 9.84 Å². The van der Waals surface area contributed by atoms with Crippen molar-refractivity contribution in [2.45, 2.75) is 10.4 Å². The van der Waals surface area contributed by atoms with Crippen LogP contribution in [-0.4, -0.2) is 19.8 Å². The zero-order chi connectivity index (χ0) is 19.0. The van der Waals surface area contributed by atoms with Crippen LogP contribution in [0.5, 0.6) is 0 Å². The van der Waals surface area contributed by atoms with Gasteiger partial charge in [0.1, 0.15) is 0 Å². The molecule has 1 N–H and O–H groups in total. The molecule has 1 amide bonds. The number of nitrogens with one attached hydrogen (secondary N) is 1. The molecular weight excluding hydrogens is 376 g/mol. The number of rotatable bonds is 3. The first-order chi connectivity index (χ1) is 11.4. The second kappa shape index (κ2) is 6.39. The van der Waals surface area contributed by atoms with Crippen molar-refractivity contribution in [3.8, 4) is 0 Å². The Hall–Kier alpha value is -2.56. The lowest BCUT2D eigenvalue weighted by Gasteiger charge is -2.10. The van der Waals surface area contributed by atoms with E-state index in [1.807, 2.05) is 5.32 Å². The average Bonchev–Trinajstić information content (AvgIpc) is 2.54. The summed E-state index contributed by atoms with van der Waals surface area (Å²) in [5.74, 6) is -6.02.